The fraction of sp³-hybridized carbons (Fsp3) is 0.368. The summed E-state index contributed by atoms with van der Waals surface area (Å²) < 4.78 is 5.72. The number of rotatable bonds is 6. The van der Waals surface area contributed by atoms with Crippen molar-refractivity contribution in [3.8, 4) is 11.5 Å². The minimum Gasteiger partial charge on any atom is -0.508 e. The van der Waals surface area contributed by atoms with Crippen molar-refractivity contribution in [3.05, 3.63) is 58.1 Å². The van der Waals surface area contributed by atoms with Crippen molar-refractivity contribution in [2.24, 2.45) is 0 Å². The third-order valence-corrected chi connectivity index (χ3v) is 4.80. The van der Waals surface area contributed by atoms with E-state index in [1.54, 1.807) is 0 Å². The fourth-order valence-corrected chi connectivity index (χ4v) is 3.27. The van der Waals surface area contributed by atoms with Crippen LogP contribution in [0, 0.1) is 13.8 Å². The van der Waals surface area contributed by atoms with Crippen molar-refractivity contribution in [1.82, 2.24) is 0 Å². The predicted octanol–water partition coefficient (Wildman–Crippen LogP) is 4.82. The number of aromatic hydroxyl groups is 1. The van der Waals surface area contributed by atoms with Gasteiger partial charge in [0.15, 0.2) is 0 Å². The lowest BCUT2D eigenvalue weighted by molar-refractivity contribution is 0.391. The summed E-state index contributed by atoms with van der Waals surface area (Å²) >= 11 is 0. The molecule has 0 aliphatic heterocycles. The Hall–Kier alpha value is -1.44. The van der Waals surface area contributed by atoms with E-state index in [0.29, 0.717) is 25.7 Å². The summed E-state index contributed by atoms with van der Waals surface area (Å²) in [6, 6.07) is 10.2. The van der Waals surface area contributed by atoms with Gasteiger partial charge in [-0.1, -0.05) is 26.0 Å². The van der Waals surface area contributed by atoms with E-state index in [0.717, 1.165) is 17.7 Å². The first-order chi connectivity index (χ1) is 10.9. The molecule has 1 N–H and O–H groups in total. The molecule has 0 saturated carbocycles. The second-order valence-corrected chi connectivity index (χ2v) is 7.93. The summed E-state index contributed by atoms with van der Waals surface area (Å²) in [5.74, 6) is 1.64. The highest BCUT2D eigenvalue weighted by Gasteiger charge is 2.11. The van der Waals surface area contributed by atoms with E-state index in [4.69, 9.17) is 4.74 Å². The quantitative estimate of drug-likeness (QED) is 0.602. The Labute approximate surface area is 143 Å². The zero-order chi connectivity index (χ0) is 17.0. The van der Waals surface area contributed by atoms with Gasteiger partial charge in [-0.2, -0.15) is 0 Å². The molecule has 4 heteroatoms. The fourth-order valence-electron chi connectivity index (χ4n) is 2.82. The number of aryl methyl sites for hydroxylation is 2. The van der Waals surface area contributed by atoms with Gasteiger partial charge in [-0.05, 0) is 72.2 Å². The third kappa shape index (κ3) is 4.52. The molecule has 2 aromatic carbocycles. The van der Waals surface area contributed by atoms with Gasteiger partial charge < -0.3 is 9.84 Å². The molecule has 0 aromatic heterocycles. The van der Waals surface area contributed by atoms with Crippen molar-refractivity contribution in [3.63, 3.8) is 0 Å². The van der Waals surface area contributed by atoms with Crippen LogP contribution in [0.4, 0.5) is 0 Å². The Bertz CT molecular complexity index is 688. The molecule has 0 aliphatic rings. The van der Waals surface area contributed by atoms with Crippen LogP contribution < -0.4 is 4.74 Å². The van der Waals surface area contributed by atoms with Crippen LogP contribution in [0.5, 0.6) is 11.5 Å². The van der Waals surface area contributed by atoms with Crippen LogP contribution in [0.3, 0.4) is 0 Å². The van der Waals surface area contributed by atoms with Crippen molar-refractivity contribution in [2.75, 3.05) is 6.35 Å². The highest BCUT2D eigenvalue weighted by atomic mass is 31.2. The molecular formula is C19H24O2PSi+. The van der Waals surface area contributed by atoms with Gasteiger partial charge in [0.25, 0.3) is 0 Å². The first-order valence-corrected chi connectivity index (χ1v) is 10.6. The number of benzene rings is 2. The lowest BCUT2D eigenvalue weighted by Gasteiger charge is -2.15. The largest absolute Gasteiger partial charge is 0.508 e. The maximum Gasteiger partial charge on any atom is 0.360 e. The molecule has 0 fully saturated rings. The molecular weight excluding hydrogens is 319 g/mol. The van der Waals surface area contributed by atoms with Crippen LogP contribution in [0.25, 0.3) is 0 Å². The molecule has 23 heavy (non-hydrogen) atoms. The van der Waals surface area contributed by atoms with Crippen molar-refractivity contribution < 1.29 is 9.84 Å². The standard InChI is InChI=1S/C19H24O2PSi/c1-12(2)17-9-15(5-6-19(17)20)10-18-13(3)7-16(8-14(18)4)21-11-22-23/h5-9,12,20,22H,10-11H2,1-4H3/q+1. The molecule has 0 spiro atoms. The molecule has 0 bridgehead atoms. The van der Waals surface area contributed by atoms with Crippen molar-refractivity contribution in [2.45, 2.75) is 40.0 Å². The van der Waals surface area contributed by atoms with Crippen molar-refractivity contribution in [1.29, 1.82) is 0 Å². The number of phenols is 1. The topological polar surface area (TPSA) is 29.5 Å². The highest BCUT2D eigenvalue weighted by molar-refractivity contribution is 7.44. The van der Waals surface area contributed by atoms with Crippen LogP contribution in [-0.4, -0.2) is 20.9 Å². The molecule has 2 rings (SSSR count). The number of hydrogen-bond acceptors (Lipinski definition) is 2. The van der Waals surface area contributed by atoms with Crippen LogP contribution in [0.1, 0.15) is 47.6 Å². The van der Waals surface area contributed by atoms with E-state index >= 15 is 0 Å². The van der Waals surface area contributed by atoms with E-state index < -0.39 is 0 Å². The van der Waals surface area contributed by atoms with Gasteiger partial charge in [-0.25, -0.2) is 0 Å². The van der Waals surface area contributed by atoms with Gasteiger partial charge in [-0.3, -0.25) is 0 Å². The Kier molecular flexibility index (Phi) is 6.15. The number of hydrogen-bond donors (Lipinski definition) is 1. The molecule has 2 radical (unpaired) electrons. The Morgan fingerprint density at radius 2 is 1.78 bits per heavy atom. The van der Waals surface area contributed by atoms with Crippen LogP contribution in [0.2, 0.25) is 0 Å². The van der Waals surface area contributed by atoms with Gasteiger partial charge >= 0.3 is 9.50 Å². The SMILES string of the molecule is Cc1cc(OC[PH+]=[Si])cc(C)c1Cc1ccc(O)c(C(C)C)c1. The second kappa shape index (κ2) is 7.90. The molecule has 2 aromatic rings. The average Bonchev–Trinajstić information content (AvgIpc) is 2.50. The molecule has 1 atom stereocenters. The summed E-state index contributed by atoms with van der Waals surface area (Å²) in [5.41, 5.74) is 6.07. The molecule has 0 saturated heterocycles. The van der Waals surface area contributed by atoms with Crippen LogP contribution in [-0.2, 0) is 6.42 Å². The van der Waals surface area contributed by atoms with Crippen LogP contribution in [0.15, 0.2) is 30.3 Å². The van der Waals surface area contributed by atoms with Gasteiger partial charge in [0.2, 0.25) is 6.35 Å². The summed E-state index contributed by atoms with van der Waals surface area (Å²) in [5, 5.41) is 9.98. The van der Waals surface area contributed by atoms with E-state index in [9.17, 15) is 5.11 Å². The third-order valence-electron chi connectivity index (χ3n) is 4.08. The van der Waals surface area contributed by atoms with Gasteiger partial charge in [0.1, 0.15) is 11.5 Å². The maximum atomic E-state index is 9.98. The summed E-state index contributed by atoms with van der Waals surface area (Å²) in [6.45, 7) is 8.47. The first kappa shape index (κ1) is 17.9. The Morgan fingerprint density at radius 1 is 1.13 bits per heavy atom. The zero-order valence-electron chi connectivity index (χ0n) is 14.2. The van der Waals surface area contributed by atoms with Crippen molar-refractivity contribution >= 4 is 17.2 Å². The molecule has 0 heterocycles. The predicted molar refractivity (Wildman–Crippen MR) is 100 cm³/mol. The Balaban J connectivity index is 2.30. The highest BCUT2D eigenvalue weighted by Crippen LogP contribution is 2.29. The minimum absolute atomic E-state index is 0.317. The van der Waals surface area contributed by atoms with E-state index in [1.165, 1.54) is 22.3 Å². The second-order valence-electron chi connectivity index (χ2n) is 6.23. The van der Waals surface area contributed by atoms with E-state index in [-0.39, 0.29) is 0 Å². The maximum absolute atomic E-state index is 9.98. The van der Waals surface area contributed by atoms with Gasteiger partial charge in [0, 0.05) is 0 Å². The van der Waals surface area contributed by atoms with E-state index in [1.807, 2.05) is 12.1 Å². The van der Waals surface area contributed by atoms with Crippen LogP contribution >= 0.6 is 7.72 Å². The van der Waals surface area contributed by atoms with Gasteiger partial charge in [0.05, 0.1) is 7.72 Å². The molecule has 0 amide bonds. The van der Waals surface area contributed by atoms with E-state index in [2.05, 4.69) is 55.4 Å². The first-order valence-electron chi connectivity index (χ1n) is 7.86. The zero-order valence-corrected chi connectivity index (χ0v) is 16.2. The Morgan fingerprint density at radius 3 is 2.35 bits per heavy atom. The minimum atomic E-state index is 0.317. The number of phenolic OH excluding ortho intramolecular Hbond substituents is 1. The molecule has 120 valence electrons. The smallest absolute Gasteiger partial charge is 0.360 e. The molecule has 1 unspecified atom stereocenters. The lowest BCUT2D eigenvalue weighted by atomic mass is 9.93. The monoisotopic (exact) mass is 343 g/mol. The molecule has 0 aliphatic carbocycles. The number of ether oxygens (including phenoxy) is 1. The lowest BCUT2D eigenvalue weighted by Crippen LogP contribution is -1.99. The van der Waals surface area contributed by atoms with Gasteiger partial charge in [-0.15, -0.1) is 0 Å². The summed E-state index contributed by atoms with van der Waals surface area (Å²) in [6.07, 6.45) is 1.57. The average molecular weight is 343 g/mol. The normalized spacial score (nSPS) is 11.2. The molecule has 2 nitrogen and oxygen atoms in total. The summed E-state index contributed by atoms with van der Waals surface area (Å²) in [4.78, 5) is 0. The summed E-state index contributed by atoms with van der Waals surface area (Å²) in [7, 11) is 4.06.